The van der Waals surface area contributed by atoms with Crippen LogP contribution in [0, 0.1) is 0 Å². The molecule has 1 amide bonds. The van der Waals surface area contributed by atoms with Crippen LogP contribution in [0.2, 0.25) is 0 Å². The van der Waals surface area contributed by atoms with Gasteiger partial charge in [-0.05, 0) is 0 Å². The largest absolute Gasteiger partial charge is 0.366 e. The van der Waals surface area contributed by atoms with E-state index in [2.05, 4.69) is 6.58 Å². The molecule has 0 saturated carbocycles. The van der Waals surface area contributed by atoms with Crippen LogP contribution in [0.5, 0.6) is 0 Å². The molecule has 2 N–H and O–H groups in total. The Kier molecular flexibility index (Phi) is 3.18. The molecule has 0 atom stereocenters. The number of hydrogen-bond acceptors (Lipinski definition) is 2. The molecular formula is C11H11NO2. The summed E-state index contributed by atoms with van der Waals surface area (Å²) in [6.07, 6.45) is -0.0145. The van der Waals surface area contributed by atoms with E-state index in [-0.39, 0.29) is 17.8 Å². The fraction of sp³-hybridized carbons (Fsp3) is 0.0909. The highest BCUT2D eigenvalue weighted by Gasteiger charge is 2.09. The highest BCUT2D eigenvalue weighted by atomic mass is 16.1. The number of benzene rings is 1. The van der Waals surface area contributed by atoms with Gasteiger partial charge in [0.25, 0.3) is 0 Å². The number of hydrogen-bond donors (Lipinski definition) is 1. The molecule has 14 heavy (non-hydrogen) atoms. The molecule has 0 aromatic heterocycles. The monoisotopic (exact) mass is 189 g/mol. The second-order valence-corrected chi connectivity index (χ2v) is 2.93. The number of ketones is 1. The minimum atomic E-state index is -0.630. The lowest BCUT2D eigenvalue weighted by Gasteiger charge is -2.00. The standard InChI is InChI=1S/C11H11NO2/c1-8(11(12)14)7-10(13)9-5-3-2-4-6-9/h2-6H,1,7H2,(H2,12,14). The van der Waals surface area contributed by atoms with Crippen LogP contribution in [0.1, 0.15) is 16.8 Å². The van der Waals surface area contributed by atoms with E-state index in [1.54, 1.807) is 24.3 Å². The van der Waals surface area contributed by atoms with Gasteiger partial charge in [-0.3, -0.25) is 9.59 Å². The summed E-state index contributed by atoms with van der Waals surface area (Å²) < 4.78 is 0. The summed E-state index contributed by atoms with van der Waals surface area (Å²) in [5.74, 6) is -0.774. The van der Waals surface area contributed by atoms with Crippen LogP contribution in [0.25, 0.3) is 0 Å². The fourth-order valence-electron chi connectivity index (χ4n) is 1.01. The van der Waals surface area contributed by atoms with Gasteiger partial charge in [-0.25, -0.2) is 0 Å². The summed E-state index contributed by atoms with van der Waals surface area (Å²) in [5.41, 5.74) is 5.67. The third-order valence-corrected chi connectivity index (χ3v) is 1.82. The predicted molar refractivity (Wildman–Crippen MR) is 53.7 cm³/mol. The summed E-state index contributed by atoms with van der Waals surface area (Å²) in [6.45, 7) is 3.42. The van der Waals surface area contributed by atoms with E-state index in [1.807, 2.05) is 6.07 Å². The average molecular weight is 189 g/mol. The normalized spacial score (nSPS) is 9.43. The Hall–Kier alpha value is -1.90. The van der Waals surface area contributed by atoms with Crippen LogP contribution < -0.4 is 5.73 Å². The second kappa shape index (κ2) is 4.37. The van der Waals surface area contributed by atoms with Crippen molar-refractivity contribution in [2.45, 2.75) is 6.42 Å². The number of nitrogens with two attached hydrogens (primary N) is 1. The van der Waals surface area contributed by atoms with Crippen molar-refractivity contribution in [3.63, 3.8) is 0 Å². The Morgan fingerprint density at radius 3 is 2.29 bits per heavy atom. The summed E-state index contributed by atoms with van der Waals surface area (Å²) in [4.78, 5) is 22.1. The van der Waals surface area contributed by atoms with Gasteiger partial charge < -0.3 is 5.73 Å². The van der Waals surface area contributed by atoms with E-state index in [9.17, 15) is 9.59 Å². The first kappa shape index (κ1) is 10.2. The minimum absolute atomic E-state index is 0.0145. The molecule has 3 nitrogen and oxygen atoms in total. The van der Waals surface area contributed by atoms with E-state index in [0.29, 0.717) is 5.56 Å². The fourth-order valence-corrected chi connectivity index (χ4v) is 1.01. The SMILES string of the molecule is C=C(CC(=O)c1ccccc1)C(N)=O. The Morgan fingerprint density at radius 2 is 1.79 bits per heavy atom. The Bertz CT molecular complexity index is 368. The lowest BCUT2D eigenvalue weighted by atomic mass is 10.0. The molecule has 1 aromatic rings. The Balaban J connectivity index is 2.69. The Morgan fingerprint density at radius 1 is 1.21 bits per heavy atom. The maximum absolute atomic E-state index is 11.5. The third-order valence-electron chi connectivity index (χ3n) is 1.82. The van der Waals surface area contributed by atoms with Crippen LogP contribution in [0.15, 0.2) is 42.5 Å². The maximum atomic E-state index is 11.5. The summed E-state index contributed by atoms with van der Waals surface area (Å²) in [7, 11) is 0. The number of carbonyl (C=O) groups is 2. The summed E-state index contributed by atoms with van der Waals surface area (Å²) in [6, 6.07) is 8.73. The van der Waals surface area contributed by atoms with E-state index >= 15 is 0 Å². The number of Topliss-reactive ketones (excluding diaryl/α,β-unsaturated/α-hetero) is 1. The Labute approximate surface area is 82.2 Å². The first-order valence-corrected chi connectivity index (χ1v) is 4.17. The molecule has 0 saturated heterocycles. The molecule has 0 radical (unpaired) electrons. The van der Waals surface area contributed by atoms with E-state index in [0.717, 1.165) is 0 Å². The zero-order chi connectivity index (χ0) is 10.6. The van der Waals surface area contributed by atoms with Crippen molar-refractivity contribution in [3.8, 4) is 0 Å². The van der Waals surface area contributed by atoms with Crippen LogP contribution in [-0.4, -0.2) is 11.7 Å². The first-order valence-electron chi connectivity index (χ1n) is 4.17. The minimum Gasteiger partial charge on any atom is -0.366 e. The van der Waals surface area contributed by atoms with Crippen molar-refractivity contribution in [2.75, 3.05) is 0 Å². The molecule has 1 aromatic carbocycles. The zero-order valence-electron chi connectivity index (χ0n) is 7.69. The quantitative estimate of drug-likeness (QED) is 0.573. The van der Waals surface area contributed by atoms with E-state index in [1.165, 1.54) is 0 Å². The van der Waals surface area contributed by atoms with Crippen molar-refractivity contribution in [3.05, 3.63) is 48.0 Å². The number of rotatable bonds is 4. The molecule has 0 heterocycles. The summed E-state index contributed by atoms with van der Waals surface area (Å²) >= 11 is 0. The number of carbonyl (C=O) groups excluding carboxylic acids is 2. The van der Waals surface area contributed by atoms with E-state index in [4.69, 9.17) is 5.73 Å². The lowest BCUT2D eigenvalue weighted by molar-refractivity contribution is -0.114. The molecule has 0 aliphatic rings. The van der Waals surface area contributed by atoms with Gasteiger partial charge in [-0.2, -0.15) is 0 Å². The van der Waals surface area contributed by atoms with Gasteiger partial charge in [0.2, 0.25) is 5.91 Å². The molecular weight excluding hydrogens is 178 g/mol. The molecule has 1 rings (SSSR count). The van der Waals surface area contributed by atoms with Crippen molar-refractivity contribution < 1.29 is 9.59 Å². The molecule has 72 valence electrons. The second-order valence-electron chi connectivity index (χ2n) is 2.93. The molecule has 0 aliphatic heterocycles. The number of amides is 1. The van der Waals surface area contributed by atoms with Gasteiger partial charge in [0, 0.05) is 17.6 Å². The predicted octanol–water partition coefficient (Wildman–Crippen LogP) is 1.30. The van der Waals surface area contributed by atoms with Crippen molar-refractivity contribution in [1.29, 1.82) is 0 Å². The van der Waals surface area contributed by atoms with Gasteiger partial charge in [0.05, 0.1) is 0 Å². The molecule has 0 unspecified atom stereocenters. The van der Waals surface area contributed by atoms with Gasteiger partial charge in [0.1, 0.15) is 0 Å². The van der Waals surface area contributed by atoms with Gasteiger partial charge in [-0.1, -0.05) is 36.9 Å². The van der Waals surface area contributed by atoms with Crippen molar-refractivity contribution in [1.82, 2.24) is 0 Å². The van der Waals surface area contributed by atoms with Crippen molar-refractivity contribution >= 4 is 11.7 Å². The van der Waals surface area contributed by atoms with E-state index < -0.39 is 5.91 Å². The van der Waals surface area contributed by atoms with Gasteiger partial charge in [0.15, 0.2) is 5.78 Å². The van der Waals surface area contributed by atoms with Crippen LogP contribution in [0.3, 0.4) is 0 Å². The van der Waals surface area contributed by atoms with Gasteiger partial charge >= 0.3 is 0 Å². The molecule has 0 bridgehead atoms. The zero-order valence-corrected chi connectivity index (χ0v) is 7.69. The third kappa shape index (κ3) is 2.55. The molecule has 0 spiro atoms. The molecule has 3 heteroatoms. The van der Waals surface area contributed by atoms with Crippen LogP contribution in [-0.2, 0) is 4.79 Å². The highest BCUT2D eigenvalue weighted by Crippen LogP contribution is 2.07. The average Bonchev–Trinajstić information content (AvgIpc) is 2.19. The van der Waals surface area contributed by atoms with Gasteiger partial charge in [-0.15, -0.1) is 0 Å². The summed E-state index contributed by atoms with van der Waals surface area (Å²) in [5, 5.41) is 0. The number of primary amides is 1. The van der Waals surface area contributed by atoms with Crippen LogP contribution >= 0.6 is 0 Å². The molecule has 0 aliphatic carbocycles. The smallest absolute Gasteiger partial charge is 0.244 e. The first-order chi connectivity index (χ1) is 6.61. The lowest BCUT2D eigenvalue weighted by Crippen LogP contribution is -2.15. The van der Waals surface area contributed by atoms with Crippen molar-refractivity contribution in [2.24, 2.45) is 5.73 Å². The highest BCUT2D eigenvalue weighted by molar-refractivity contribution is 6.04. The maximum Gasteiger partial charge on any atom is 0.244 e. The molecule has 0 fully saturated rings. The topological polar surface area (TPSA) is 60.2 Å². The van der Waals surface area contributed by atoms with Crippen LogP contribution in [0.4, 0.5) is 0 Å².